The number of piperidine rings is 1. The summed E-state index contributed by atoms with van der Waals surface area (Å²) < 4.78 is 17.8. The largest absolute Gasteiger partial charge is 0.303 e. The summed E-state index contributed by atoms with van der Waals surface area (Å²) >= 11 is 5.62. The van der Waals surface area contributed by atoms with Crippen LogP contribution in [0.25, 0.3) is 11.4 Å². The van der Waals surface area contributed by atoms with Crippen molar-refractivity contribution in [2.24, 2.45) is 13.0 Å². The van der Waals surface area contributed by atoms with Gasteiger partial charge in [0.25, 0.3) is 0 Å². The maximum atomic E-state index is 13.2. The fraction of sp³-hybridized carbons (Fsp3) is 0.579. The molecule has 2 aliphatic rings. The van der Waals surface area contributed by atoms with Crippen molar-refractivity contribution in [2.75, 3.05) is 6.54 Å². The monoisotopic (exact) mass is 360 g/mol. The summed E-state index contributed by atoms with van der Waals surface area (Å²) in [6.45, 7) is 1.89. The van der Waals surface area contributed by atoms with Crippen LogP contribution >= 0.6 is 12.2 Å². The van der Waals surface area contributed by atoms with Crippen LogP contribution in [0.2, 0.25) is 0 Å². The Morgan fingerprint density at radius 3 is 2.64 bits per heavy atom. The molecule has 0 radical (unpaired) electrons. The van der Waals surface area contributed by atoms with Gasteiger partial charge in [0, 0.05) is 25.2 Å². The van der Waals surface area contributed by atoms with E-state index >= 15 is 0 Å². The average molecular weight is 361 g/mol. The van der Waals surface area contributed by atoms with Gasteiger partial charge in [-0.3, -0.25) is 4.90 Å². The molecule has 2 heterocycles. The molecule has 1 saturated heterocycles. The Morgan fingerprint density at radius 2 is 1.84 bits per heavy atom. The minimum absolute atomic E-state index is 0.235. The summed E-state index contributed by atoms with van der Waals surface area (Å²) in [5, 5.41) is 4.75. The molecule has 1 saturated carbocycles. The summed E-state index contributed by atoms with van der Waals surface area (Å²) in [7, 11) is 1.93. The van der Waals surface area contributed by atoms with Gasteiger partial charge in [0.15, 0.2) is 10.6 Å². The van der Waals surface area contributed by atoms with Gasteiger partial charge < -0.3 is 4.57 Å². The second-order valence-corrected chi connectivity index (χ2v) is 7.74. The molecule has 1 aromatic carbocycles. The SMILES string of the molecule is Cn1c(-c2ccc(F)cc2)nn(CN2CCC[C@H]3CCCC[C@@H]32)c1=S. The molecular weight excluding hydrogens is 335 g/mol. The predicted octanol–water partition coefficient (Wildman–Crippen LogP) is 4.37. The lowest BCUT2D eigenvalue weighted by Crippen LogP contribution is -2.47. The van der Waals surface area contributed by atoms with Crippen LogP contribution in [0.4, 0.5) is 4.39 Å². The van der Waals surface area contributed by atoms with Crippen molar-refractivity contribution in [3.05, 3.63) is 34.9 Å². The molecule has 4 nitrogen and oxygen atoms in total. The highest BCUT2D eigenvalue weighted by atomic mass is 32.1. The Hall–Kier alpha value is -1.53. The van der Waals surface area contributed by atoms with Gasteiger partial charge in [-0.2, -0.15) is 5.10 Å². The Labute approximate surface area is 153 Å². The van der Waals surface area contributed by atoms with E-state index in [0.29, 0.717) is 6.04 Å². The number of halogens is 1. The maximum absolute atomic E-state index is 13.2. The van der Waals surface area contributed by atoms with Crippen LogP contribution in [0.5, 0.6) is 0 Å². The predicted molar refractivity (Wildman–Crippen MR) is 99.1 cm³/mol. The van der Waals surface area contributed by atoms with Gasteiger partial charge in [-0.1, -0.05) is 12.8 Å². The van der Waals surface area contributed by atoms with E-state index < -0.39 is 0 Å². The van der Waals surface area contributed by atoms with Gasteiger partial charge in [-0.05, 0) is 68.1 Å². The van der Waals surface area contributed by atoms with Crippen LogP contribution in [-0.2, 0) is 13.7 Å². The van der Waals surface area contributed by atoms with Gasteiger partial charge in [0.05, 0.1) is 6.67 Å². The molecule has 25 heavy (non-hydrogen) atoms. The number of likely N-dealkylation sites (tertiary alicyclic amines) is 1. The van der Waals surface area contributed by atoms with Crippen LogP contribution in [0.3, 0.4) is 0 Å². The number of aromatic nitrogens is 3. The van der Waals surface area contributed by atoms with Gasteiger partial charge >= 0.3 is 0 Å². The molecule has 0 unspecified atom stereocenters. The highest BCUT2D eigenvalue weighted by molar-refractivity contribution is 7.71. The molecule has 1 aliphatic carbocycles. The van der Waals surface area contributed by atoms with E-state index in [1.807, 2.05) is 16.3 Å². The lowest BCUT2D eigenvalue weighted by molar-refractivity contribution is 0.0323. The third-order valence-corrected chi connectivity index (χ3v) is 6.30. The van der Waals surface area contributed by atoms with E-state index in [0.717, 1.165) is 35.3 Å². The van der Waals surface area contributed by atoms with Gasteiger partial charge in [-0.25, -0.2) is 9.07 Å². The first-order chi connectivity index (χ1) is 12.1. The average Bonchev–Trinajstić information content (AvgIpc) is 2.91. The third-order valence-electron chi connectivity index (χ3n) is 5.82. The zero-order valence-corrected chi connectivity index (χ0v) is 15.5. The molecule has 0 spiro atoms. The minimum Gasteiger partial charge on any atom is -0.303 e. The summed E-state index contributed by atoms with van der Waals surface area (Å²) in [6, 6.07) is 7.13. The molecule has 6 heteroatoms. The van der Waals surface area contributed by atoms with E-state index in [1.54, 1.807) is 12.1 Å². The molecule has 0 amide bonds. The van der Waals surface area contributed by atoms with Crippen molar-refractivity contribution in [2.45, 2.75) is 51.2 Å². The number of rotatable bonds is 3. The van der Waals surface area contributed by atoms with Gasteiger partial charge in [-0.15, -0.1) is 0 Å². The second-order valence-electron chi connectivity index (χ2n) is 7.38. The van der Waals surface area contributed by atoms with Crippen molar-refractivity contribution in [3.8, 4) is 11.4 Å². The van der Waals surface area contributed by atoms with E-state index in [1.165, 1.54) is 50.7 Å². The Morgan fingerprint density at radius 1 is 1.12 bits per heavy atom. The standard InChI is InChI=1S/C19H25FN4S/c1-22-18(15-8-10-16(20)11-9-15)21-24(19(22)25)13-23-12-4-6-14-5-2-3-7-17(14)23/h8-11,14,17H,2-7,12-13H2,1H3/t14-,17+/m1/s1. The Kier molecular flexibility index (Phi) is 4.73. The van der Waals surface area contributed by atoms with Crippen LogP contribution in [-0.4, -0.2) is 31.8 Å². The van der Waals surface area contributed by atoms with Crippen molar-refractivity contribution < 1.29 is 4.39 Å². The number of benzene rings is 1. The van der Waals surface area contributed by atoms with E-state index in [9.17, 15) is 4.39 Å². The summed E-state index contributed by atoms with van der Waals surface area (Å²) in [5.74, 6) is 1.40. The lowest BCUT2D eigenvalue weighted by Gasteiger charge is -2.43. The zero-order chi connectivity index (χ0) is 17.4. The smallest absolute Gasteiger partial charge is 0.199 e. The van der Waals surface area contributed by atoms with Crippen LogP contribution in [0.15, 0.2) is 24.3 Å². The van der Waals surface area contributed by atoms with E-state index in [2.05, 4.69) is 4.90 Å². The molecular formula is C19H25FN4S. The normalized spacial score (nSPS) is 24.2. The molecule has 1 aliphatic heterocycles. The zero-order valence-electron chi connectivity index (χ0n) is 14.7. The topological polar surface area (TPSA) is 26.0 Å². The molecule has 4 rings (SSSR count). The lowest BCUT2D eigenvalue weighted by atomic mass is 9.78. The second kappa shape index (κ2) is 7.00. The first-order valence-electron chi connectivity index (χ1n) is 9.27. The van der Waals surface area contributed by atoms with Crippen molar-refractivity contribution in [3.63, 3.8) is 0 Å². The molecule has 2 atom stereocenters. The molecule has 1 aromatic heterocycles. The maximum Gasteiger partial charge on any atom is 0.199 e. The van der Waals surface area contributed by atoms with Crippen LogP contribution in [0.1, 0.15) is 38.5 Å². The highest BCUT2D eigenvalue weighted by Gasteiger charge is 2.33. The first kappa shape index (κ1) is 16.9. The molecule has 134 valence electrons. The molecule has 2 fully saturated rings. The minimum atomic E-state index is -0.235. The third kappa shape index (κ3) is 3.29. The Balaban J connectivity index is 1.59. The fourth-order valence-corrected chi connectivity index (χ4v) is 4.69. The van der Waals surface area contributed by atoms with Crippen molar-refractivity contribution in [1.82, 2.24) is 19.2 Å². The Bertz CT molecular complexity index is 793. The summed E-state index contributed by atoms with van der Waals surface area (Å²) in [6.07, 6.45) is 8.03. The number of hydrogen-bond acceptors (Lipinski definition) is 3. The van der Waals surface area contributed by atoms with Crippen LogP contribution < -0.4 is 0 Å². The molecule has 0 N–H and O–H groups in total. The summed E-state index contributed by atoms with van der Waals surface area (Å²) in [4.78, 5) is 2.57. The van der Waals surface area contributed by atoms with Gasteiger partial charge in [0.2, 0.25) is 0 Å². The van der Waals surface area contributed by atoms with E-state index in [-0.39, 0.29) is 5.82 Å². The number of hydrogen-bond donors (Lipinski definition) is 0. The number of fused-ring (bicyclic) bond motifs is 1. The van der Waals surface area contributed by atoms with Gasteiger partial charge in [0.1, 0.15) is 5.82 Å². The highest BCUT2D eigenvalue weighted by Crippen LogP contribution is 2.35. The molecule has 0 bridgehead atoms. The number of nitrogens with zero attached hydrogens (tertiary/aromatic N) is 4. The van der Waals surface area contributed by atoms with Crippen LogP contribution in [0, 0.1) is 16.5 Å². The first-order valence-corrected chi connectivity index (χ1v) is 9.68. The summed E-state index contributed by atoms with van der Waals surface area (Å²) in [5.41, 5.74) is 0.892. The fourth-order valence-electron chi connectivity index (χ4n) is 4.51. The quantitative estimate of drug-likeness (QED) is 0.760. The van der Waals surface area contributed by atoms with Crippen molar-refractivity contribution >= 4 is 12.2 Å². The van der Waals surface area contributed by atoms with Crippen molar-refractivity contribution in [1.29, 1.82) is 0 Å². The van der Waals surface area contributed by atoms with E-state index in [4.69, 9.17) is 17.3 Å². The molecule has 2 aromatic rings.